The van der Waals surface area contributed by atoms with E-state index in [2.05, 4.69) is 10.3 Å². The highest BCUT2D eigenvalue weighted by atomic mass is 35.5. The predicted octanol–water partition coefficient (Wildman–Crippen LogP) is 4.32. The molecule has 1 amide bonds. The normalized spacial score (nSPS) is 14.1. The van der Waals surface area contributed by atoms with Crippen LogP contribution >= 0.6 is 11.6 Å². The Hall–Kier alpha value is -2.43. The summed E-state index contributed by atoms with van der Waals surface area (Å²) in [5, 5.41) is 12.5. The van der Waals surface area contributed by atoms with Crippen LogP contribution < -0.4 is 11.1 Å². The summed E-state index contributed by atoms with van der Waals surface area (Å²) < 4.78 is 59.4. The first-order valence-electron chi connectivity index (χ1n) is 9.59. The molecule has 176 valence electrons. The van der Waals surface area contributed by atoms with Gasteiger partial charge in [-0.3, -0.25) is 0 Å². The predicted molar refractivity (Wildman–Crippen MR) is 112 cm³/mol. The van der Waals surface area contributed by atoms with Gasteiger partial charge in [-0.25, -0.2) is 14.2 Å². The zero-order valence-electron chi connectivity index (χ0n) is 17.7. The molecular weight excluding hydrogens is 454 g/mol. The second-order valence-electron chi connectivity index (χ2n) is 8.12. The Morgan fingerprint density at radius 3 is 2.41 bits per heavy atom. The van der Waals surface area contributed by atoms with Crippen LogP contribution in [0.3, 0.4) is 0 Å². The van der Waals surface area contributed by atoms with Crippen LogP contribution in [0.5, 0.6) is 0 Å². The number of ether oxygens (including phenoxy) is 1. The Kier molecular flexibility index (Phi) is 7.75. The number of aromatic nitrogens is 1. The molecule has 0 bridgehead atoms. The molecule has 1 heterocycles. The smallest absolute Gasteiger partial charge is 0.424 e. The summed E-state index contributed by atoms with van der Waals surface area (Å²) in [5.41, 5.74) is 0.986. The lowest BCUT2D eigenvalue weighted by molar-refractivity contribution is -0.263. The Morgan fingerprint density at radius 2 is 1.88 bits per heavy atom. The highest BCUT2D eigenvalue weighted by molar-refractivity contribution is 6.31. The highest BCUT2D eigenvalue weighted by Gasteiger charge is 2.55. The molecule has 1 atom stereocenters. The Morgan fingerprint density at radius 1 is 1.22 bits per heavy atom. The van der Waals surface area contributed by atoms with Gasteiger partial charge in [-0.15, -0.1) is 0 Å². The van der Waals surface area contributed by atoms with Crippen LogP contribution in [0.25, 0.3) is 11.3 Å². The topological polar surface area (TPSA) is 97.5 Å². The van der Waals surface area contributed by atoms with Crippen LogP contribution in [0.4, 0.5) is 22.4 Å². The quantitative estimate of drug-likeness (QED) is 0.538. The number of aliphatic hydroxyl groups is 1. The van der Waals surface area contributed by atoms with E-state index in [1.54, 1.807) is 20.8 Å². The molecule has 11 heteroatoms. The van der Waals surface area contributed by atoms with Crippen molar-refractivity contribution in [2.24, 2.45) is 5.73 Å². The fourth-order valence-corrected chi connectivity index (χ4v) is 2.92. The second-order valence-corrected chi connectivity index (χ2v) is 8.52. The first-order chi connectivity index (χ1) is 14.7. The van der Waals surface area contributed by atoms with Gasteiger partial charge in [0.1, 0.15) is 11.4 Å². The average molecular weight is 478 g/mol. The monoisotopic (exact) mass is 477 g/mol. The van der Waals surface area contributed by atoms with E-state index in [9.17, 15) is 27.5 Å². The lowest BCUT2D eigenvalue weighted by Gasteiger charge is -2.29. The van der Waals surface area contributed by atoms with Gasteiger partial charge in [0.05, 0.1) is 16.4 Å². The van der Waals surface area contributed by atoms with Gasteiger partial charge < -0.3 is 20.9 Å². The van der Waals surface area contributed by atoms with Crippen molar-refractivity contribution in [1.29, 1.82) is 0 Å². The Bertz CT molecular complexity index is 980. The first-order valence-corrected chi connectivity index (χ1v) is 9.97. The van der Waals surface area contributed by atoms with E-state index in [4.69, 9.17) is 22.1 Å². The van der Waals surface area contributed by atoms with Crippen LogP contribution in [0.15, 0.2) is 30.3 Å². The minimum atomic E-state index is -5.10. The molecule has 0 aliphatic heterocycles. The zero-order valence-corrected chi connectivity index (χ0v) is 18.4. The molecule has 0 radical (unpaired) electrons. The number of hydrogen-bond donors (Lipinski definition) is 3. The largest absolute Gasteiger partial charge is 0.444 e. The summed E-state index contributed by atoms with van der Waals surface area (Å²) in [7, 11) is 0. The lowest BCUT2D eigenvalue weighted by atomic mass is 9.95. The molecule has 1 aromatic carbocycles. The van der Waals surface area contributed by atoms with E-state index < -0.39 is 41.5 Å². The number of amides is 1. The number of nitrogens with zero attached hydrogens (tertiary/aromatic N) is 1. The maximum Gasteiger partial charge on any atom is 0.424 e. The Balaban J connectivity index is 2.42. The van der Waals surface area contributed by atoms with Gasteiger partial charge in [-0.1, -0.05) is 11.6 Å². The summed E-state index contributed by atoms with van der Waals surface area (Å²) in [5.74, 6) is -0.706. The third kappa shape index (κ3) is 6.30. The van der Waals surface area contributed by atoms with E-state index >= 15 is 0 Å². The molecule has 32 heavy (non-hydrogen) atoms. The number of nitrogens with one attached hydrogen (secondary N) is 1. The van der Waals surface area contributed by atoms with Crippen molar-refractivity contribution in [3.63, 3.8) is 0 Å². The molecular formula is C21H24ClF4N3O3. The van der Waals surface area contributed by atoms with Gasteiger partial charge in [0.2, 0.25) is 5.60 Å². The average Bonchev–Trinajstić information content (AvgIpc) is 2.67. The van der Waals surface area contributed by atoms with Gasteiger partial charge in [0, 0.05) is 18.7 Å². The second kappa shape index (κ2) is 9.60. The van der Waals surface area contributed by atoms with Crippen LogP contribution in [0.1, 0.15) is 32.0 Å². The Labute approximate surface area is 187 Å². The van der Waals surface area contributed by atoms with Crippen molar-refractivity contribution in [1.82, 2.24) is 10.3 Å². The SMILES string of the molecule is CC(C)(C)OC(=O)NCCc1cc(-c2ccc(F)c(Cl)c2)nc(C(O)(CN)C(F)(F)F)c1. The number of alkyl halides is 3. The van der Waals surface area contributed by atoms with E-state index in [1.165, 1.54) is 18.2 Å². The molecule has 0 saturated carbocycles. The van der Waals surface area contributed by atoms with Crippen LogP contribution in [0.2, 0.25) is 5.02 Å². The minimum absolute atomic E-state index is 0.0211. The van der Waals surface area contributed by atoms with E-state index in [1.807, 2.05) is 0 Å². The fraction of sp³-hybridized carbons (Fsp3) is 0.429. The summed E-state index contributed by atoms with van der Waals surface area (Å²) in [4.78, 5) is 15.7. The molecule has 4 N–H and O–H groups in total. The van der Waals surface area contributed by atoms with Crippen LogP contribution in [-0.4, -0.2) is 41.1 Å². The molecule has 0 fully saturated rings. The third-order valence-corrected chi connectivity index (χ3v) is 4.66. The summed E-state index contributed by atoms with van der Waals surface area (Å²) >= 11 is 5.79. The maximum atomic E-state index is 13.6. The number of rotatable bonds is 6. The molecule has 0 aliphatic carbocycles. The summed E-state index contributed by atoms with van der Waals surface area (Å²) in [6, 6.07) is 6.07. The maximum absolute atomic E-state index is 13.6. The summed E-state index contributed by atoms with van der Waals surface area (Å²) in [6.07, 6.45) is -5.69. The summed E-state index contributed by atoms with van der Waals surface area (Å²) in [6.45, 7) is 3.94. The molecule has 2 rings (SSSR count). The standard InChI is InChI=1S/C21H24ClF4N3O3/c1-19(2,3)32-18(30)28-7-6-12-8-16(13-4-5-15(23)14(22)10-13)29-17(9-12)20(31,11-27)21(24,25)26/h4-5,8-10,31H,6-7,11,27H2,1-3H3,(H,28,30). The van der Waals surface area contributed by atoms with E-state index in [-0.39, 0.29) is 29.2 Å². The van der Waals surface area contributed by atoms with Crippen molar-refractivity contribution in [3.05, 3.63) is 52.4 Å². The number of alkyl carbamates (subject to hydrolysis) is 1. The lowest BCUT2D eigenvalue weighted by Crippen LogP contribution is -2.49. The van der Waals surface area contributed by atoms with Gasteiger partial charge in [-0.2, -0.15) is 13.2 Å². The number of halogens is 5. The van der Waals surface area contributed by atoms with Crippen molar-refractivity contribution in [2.45, 2.75) is 44.6 Å². The van der Waals surface area contributed by atoms with Gasteiger partial charge in [0.25, 0.3) is 0 Å². The molecule has 0 saturated heterocycles. The number of pyridine rings is 1. The van der Waals surface area contributed by atoms with E-state index in [0.717, 1.165) is 12.1 Å². The molecule has 0 spiro atoms. The fourth-order valence-electron chi connectivity index (χ4n) is 2.74. The molecule has 1 unspecified atom stereocenters. The van der Waals surface area contributed by atoms with Crippen molar-refractivity contribution < 1.29 is 32.2 Å². The van der Waals surface area contributed by atoms with Gasteiger partial charge in [-0.05, 0) is 63.1 Å². The first kappa shape index (κ1) is 25.8. The number of benzene rings is 1. The van der Waals surface area contributed by atoms with Gasteiger partial charge >= 0.3 is 12.3 Å². The highest BCUT2D eigenvalue weighted by Crippen LogP contribution is 2.38. The number of carbonyl (C=O) groups is 1. The molecule has 6 nitrogen and oxygen atoms in total. The van der Waals surface area contributed by atoms with Crippen LogP contribution in [0, 0.1) is 5.82 Å². The van der Waals surface area contributed by atoms with Crippen LogP contribution in [-0.2, 0) is 16.8 Å². The van der Waals surface area contributed by atoms with Crippen molar-refractivity contribution in [2.75, 3.05) is 13.1 Å². The van der Waals surface area contributed by atoms with Gasteiger partial charge in [0.15, 0.2) is 0 Å². The van der Waals surface area contributed by atoms with Crippen molar-refractivity contribution >= 4 is 17.7 Å². The minimum Gasteiger partial charge on any atom is -0.444 e. The van der Waals surface area contributed by atoms with E-state index in [0.29, 0.717) is 5.56 Å². The number of nitrogens with two attached hydrogens (primary N) is 1. The van der Waals surface area contributed by atoms with Crippen molar-refractivity contribution in [3.8, 4) is 11.3 Å². The third-order valence-electron chi connectivity index (χ3n) is 4.37. The number of carbonyl (C=O) groups excluding carboxylic acids is 1. The molecule has 2 aromatic rings. The zero-order chi connectivity index (χ0) is 24.3. The number of hydrogen-bond acceptors (Lipinski definition) is 5. The molecule has 1 aromatic heterocycles. The molecule has 0 aliphatic rings.